The Morgan fingerprint density at radius 1 is 1.03 bits per heavy atom. The maximum absolute atomic E-state index is 13.9. The van der Waals surface area contributed by atoms with Gasteiger partial charge in [0.1, 0.15) is 11.6 Å². The van der Waals surface area contributed by atoms with Crippen LogP contribution in [0.5, 0.6) is 0 Å². The van der Waals surface area contributed by atoms with E-state index in [4.69, 9.17) is 0 Å². The lowest BCUT2D eigenvalue weighted by molar-refractivity contribution is 0.102. The molecule has 31 heavy (non-hydrogen) atoms. The van der Waals surface area contributed by atoms with Crippen LogP contribution in [0.3, 0.4) is 0 Å². The Hall–Kier alpha value is -3.58. The van der Waals surface area contributed by atoms with Gasteiger partial charge in [-0.25, -0.2) is 4.39 Å². The van der Waals surface area contributed by atoms with Crippen molar-refractivity contribution in [1.29, 1.82) is 0 Å². The fourth-order valence-corrected chi connectivity index (χ4v) is 4.11. The number of nitrogens with one attached hydrogen (secondary N) is 1. The van der Waals surface area contributed by atoms with Crippen molar-refractivity contribution < 1.29 is 9.18 Å². The van der Waals surface area contributed by atoms with Gasteiger partial charge in [0.05, 0.1) is 11.3 Å². The third-order valence-corrected chi connectivity index (χ3v) is 5.70. The van der Waals surface area contributed by atoms with Crippen LogP contribution in [0.15, 0.2) is 72.9 Å². The number of fused-ring (bicyclic) bond motifs is 1. The number of benzene rings is 2. The van der Waals surface area contributed by atoms with E-state index in [1.807, 2.05) is 10.5 Å². The fraction of sp³-hybridized carbons (Fsp3) is 0.208. The minimum atomic E-state index is -0.466. The Bertz CT molecular complexity index is 1220. The molecule has 0 bridgehead atoms. The fourth-order valence-electron chi connectivity index (χ4n) is 4.11. The highest BCUT2D eigenvalue weighted by atomic mass is 19.1. The maximum Gasteiger partial charge on any atom is 0.257 e. The van der Waals surface area contributed by atoms with Crippen LogP contribution in [0, 0.1) is 5.82 Å². The highest BCUT2D eigenvalue weighted by Gasteiger charge is 2.28. The summed E-state index contributed by atoms with van der Waals surface area (Å²) in [6.07, 6.45) is 2.72. The molecule has 1 atom stereocenters. The second-order valence-electron chi connectivity index (χ2n) is 7.84. The number of aromatic nitrogens is 3. The van der Waals surface area contributed by atoms with Gasteiger partial charge in [-0.15, -0.1) is 10.2 Å². The molecule has 2 aromatic carbocycles. The van der Waals surface area contributed by atoms with Crippen molar-refractivity contribution in [3.8, 4) is 0 Å². The minimum Gasteiger partial charge on any atom is -0.319 e. The first-order valence-corrected chi connectivity index (χ1v) is 10.3. The van der Waals surface area contributed by atoms with Crippen molar-refractivity contribution in [3.05, 3.63) is 95.7 Å². The summed E-state index contributed by atoms with van der Waals surface area (Å²) in [7, 11) is 0. The Kier molecular flexibility index (Phi) is 5.18. The van der Waals surface area contributed by atoms with Crippen molar-refractivity contribution in [2.75, 3.05) is 18.4 Å². The molecule has 1 fully saturated rings. The lowest BCUT2D eigenvalue weighted by atomic mass is 10.1. The molecule has 1 amide bonds. The van der Waals surface area contributed by atoms with Crippen molar-refractivity contribution in [2.24, 2.45) is 0 Å². The van der Waals surface area contributed by atoms with Gasteiger partial charge in [0.15, 0.2) is 5.65 Å². The number of hydrogen-bond donors (Lipinski definition) is 1. The summed E-state index contributed by atoms with van der Waals surface area (Å²) >= 11 is 0. The predicted molar refractivity (Wildman–Crippen MR) is 116 cm³/mol. The van der Waals surface area contributed by atoms with Gasteiger partial charge in [-0.3, -0.25) is 14.1 Å². The maximum atomic E-state index is 13.9. The number of carbonyl (C=O) groups excluding carboxylic acids is 1. The minimum absolute atomic E-state index is 0.156. The van der Waals surface area contributed by atoms with Crippen LogP contribution < -0.4 is 5.32 Å². The summed E-state index contributed by atoms with van der Waals surface area (Å²) in [4.78, 5) is 15.1. The zero-order valence-electron chi connectivity index (χ0n) is 16.9. The van der Waals surface area contributed by atoms with Crippen molar-refractivity contribution in [1.82, 2.24) is 19.5 Å². The van der Waals surface area contributed by atoms with Crippen molar-refractivity contribution in [2.45, 2.75) is 18.9 Å². The Morgan fingerprint density at radius 3 is 2.68 bits per heavy atom. The summed E-state index contributed by atoms with van der Waals surface area (Å²) in [6, 6.07) is 20.0. The molecule has 3 heterocycles. The lowest BCUT2D eigenvalue weighted by Gasteiger charge is -2.15. The first kappa shape index (κ1) is 19.4. The molecule has 5 rings (SSSR count). The Labute approximate surface area is 179 Å². The van der Waals surface area contributed by atoms with Gasteiger partial charge in [-0.05, 0) is 42.8 Å². The first-order valence-electron chi connectivity index (χ1n) is 10.3. The van der Waals surface area contributed by atoms with Gasteiger partial charge in [0, 0.05) is 25.2 Å². The first-order chi connectivity index (χ1) is 15.2. The van der Waals surface area contributed by atoms with E-state index in [0.717, 1.165) is 31.9 Å². The molecule has 156 valence electrons. The number of para-hydroxylation sites is 1. The molecule has 1 N–H and O–H groups in total. The predicted octanol–water partition coefficient (Wildman–Crippen LogP) is 4.11. The number of rotatable bonds is 5. The quantitative estimate of drug-likeness (QED) is 0.533. The van der Waals surface area contributed by atoms with Crippen LogP contribution in [0.2, 0.25) is 0 Å². The summed E-state index contributed by atoms with van der Waals surface area (Å²) in [5, 5.41) is 11.3. The number of pyridine rings is 1. The van der Waals surface area contributed by atoms with Gasteiger partial charge in [-0.2, -0.15) is 0 Å². The Balaban J connectivity index is 1.35. The average Bonchev–Trinajstić information content (AvgIpc) is 3.42. The molecule has 0 saturated carbocycles. The zero-order chi connectivity index (χ0) is 21.2. The van der Waals surface area contributed by atoms with Crippen LogP contribution in [0.4, 0.5) is 10.1 Å². The second-order valence-corrected chi connectivity index (χ2v) is 7.84. The Morgan fingerprint density at radius 2 is 1.84 bits per heavy atom. The largest absolute Gasteiger partial charge is 0.319 e. The standard InChI is InChI=1S/C24H22FN5O/c25-20-8-4-5-9-21(20)26-24(31)19-10-11-22-27-28-23(30(22)16-19)18-12-13-29(15-18)14-17-6-2-1-3-7-17/h1-11,16,18H,12-15H2,(H,26,31)/t18-/m1/s1. The molecule has 1 saturated heterocycles. The molecule has 1 aliphatic heterocycles. The summed E-state index contributed by atoms with van der Waals surface area (Å²) < 4.78 is 15.8. The highest BCUT2D eigenvalue weighted by molar-refractivity contribution is 6.04. The van der Waals surface area contributed by atoms with E-state index in [1.165, 1.54) is 17.7 Å². The molecule has 1 aliphatic rings. The van der Waals surface area contributed by atoms with E-state index in [0.29, 0.717) is 11.2 Å². The highest BCUT2D eigenvalue weighted by Crippen LogP contribution is 2.27. The summed E-state index contributed by atoms with van der Waals surface area (Å²) in [5.41, 5.74) is 2.57. The number of amides is 1. The average molecular weight is 415 g/mol. The van der Waals surface area contributed by atoms with Crippen LogP contribution in [-0.4, -0.2) is 38.5 Å². The van der Waals surface area contributed by atoms with E-state index < -0.39 is 5.82 Å². The monoisotopic (exact) mass is 415 g/mol. The SMILES string of the molecule is O=C(Nc1ccccc1F)c1ccc2nnc([C@@H]3CCN(Cc4ccccc4)C3)n2c1. The third-order valence-electron chi connectivity index (χ3n) is 5.70. The number of carbonyl (C=O) groups is 1. The number of likely N-dealkylation sites (tertiary alicyclic amines) is 1. The number of anilines is 1. The molecule has 0 aliphatic carbocycles. The van der Waals surface area contributed by atoms with E-state index in [1.54, 1.807) is 30.5 Å². The number of halogens is 1. The van der Waals surface area contributed by atoms with Crippen LogP contribution in [0.1, 0.15) is 34.1 Å². The molecule has 6 nitrogen and oxygen atoms in total. The molecule has 4 aromatic rings. The van der Waals surface area contributed by atoms with Gasteiger partial charge in [0.2, 0.25) is 0 Å². The molecule has 7 heteroatoms. The molecular weight excluding hydrogens is 393 g/mol. The van der Waals surface area contributed by atoms with Gasteiger partial charge >= 0.3 is 0 Å². The zero-order valence-corrected chi connectivity index (χ0v) is 16.9. The molecule has 0 unspecified atom stereocenters. The second kappa shape index (κ2) is 8.28. The van der Waals surface area contributed by atoms with E-state index >= 15 is 0 Å². The lowest BCUT2D eigenvalue weighted by Crippen LogP contribution is -2.20. The summed E-state index contributed by atoms with van der Waals surface area (Å²) in [5.74, 6) is 0.254. The van der Waals surface area contributed by atoms with Crippen molar-refractivity contribution >= 4 is 17.2 Å². The number of hydrogen-bond acceptors (Lipinski definition) is 4. The topological polar surface area (TPSA) is 62.5 Å². The van der Waals surface area contributed by atoms with Crippen LogP contribution >= 0.6 is 0 Å². The molecule has 2 aromatic heterocycles. The normalized spacial score (nSPS) is 16.6. The molecule has 0 radical (unpaired) electrons. The van der Waals surface area contributed by atoms with E-state index in [-0.39, 0.29) is 17.5 Å². The number of nitrogens with zero attached hydrogens (tertiary/aromatic N) is 4. The van der Waals surface area contributed by atoms with E-state index in [2.05, 4.69) is 44.7 Å². The summed E-state index contributed by atoms with van der Waals surface area (Å²) in [6.45, 7) is 2.79. The van der Waals surface area contributed by atoms with Crippen LogP contribution in [0.25, 0.3) is 5.65 Å². The molecule has 0 spiro atoms. The van der Waals surface area contributed by atoms with E-state index in [9.17, 15) is 9.18 Å². The third kappa shape index (κ3) is 4.04. The van der Waals surface area contributed by atoms with Gasteiger partial charge in [0.25, 0.3) is 5.91 Å². The van der Waals surface area contributed by atoms with Crippen LogP contribution in [-0.2, 0) is 6.54 Å². The molecular formula is C24H22FN5O. The van der Waals surface area contributed by atoms with Crippen molar-refractivity contribution in [3.63, 3.8) is 0 Å². The van der Waals surface area contributed by atoms with Gasteiger partial charge < -0.3 is 5.32 Å². The van der Waals surface area contributed by atoms with Gasteiger partial charge in [-0.1, -0.05) is 42.5 Å². The smallest absolute Gasteiger partial charge is 0.257 e.